The summed E-state index contributed by atoms with van der Waals surface area (Å²) in [6.45, 7) is 6.34. The van der Waals surface area contributed by atoms with Gasteiger partial charge in [-0.15, -0.1) is 0 Å². The second-order valence-corrected chi connectivity index (χ2v) is 7.42. The van der Waals surface area contributed by atoms with Crippen molar-refractivity contribution in [1.82, 2.24) is 29.8 Å². The van der Waals surface area contributed by atoms with Crippen molar-refractivity contribution in [3.8, 4) is 0 Å². The van der Waals surface area contributed by atoms with E-state index in [2.05, 4.69) is 35.1 Å². The van der Waals surface area contributed by atoms with Crippen LogP contribution < -0.4 is 20.7 Å². The third-order valence-corrected chi connectivity index (χ3v) is 5.11. The van der Waals surface area contributed by atoms with E-state index in [1.54, 1.807) is 6.92 Å². The van der Waals surface area contributed by atoms with Crippen molar-refractivity contribution >= 4 is 17.8 Å². The minimum Gasteiger partial charge on any atom is -0.378 e. The summed E-state index contributed by atoms with van der Waals surface area (Å²) in [4.78, 5) is 46.4. The number of hydrogen-bond donors (Lipinski definition) is 1. The number of nitrogens with zero attached hydrogens (tertiary/aromatic N) is 7. The number of ether oxygens (including phenoxy) is 1. The number of nitrogens with one attached hydrogen (secondary N) is 1. The molecule has 0 aromatic carbocycles. The molecule has 4 heterocycles. The zero-order valence-electron chi connectivity index (χ0n) is 17.1. The first-order valence-electron chi connectivity index (χ1n) is 10.2. The highest BCUT2D eigenvalue weighted by atomic mass is 16.5. The van der Waals surface area contributed by atoms with Crippen LogP contribution in [0.1, 0.15) is 24.4 Å². The molecular formula is C19H26N8O3. The highest BCUT2D eigenvalue weighted by Gasteiger charge is 2.21. The fourth-order valence-electron chi connectivity index (χ4n) is 3.46. The summed E-state index contributed by atoms with van der Waals surface area (Å²) in [6, 6.07) is 1.40. The first-order chi connectivity index (χ1) is 14.6. The molecular weight excluding hydrogens is 388 g/mol. The van der Waals surface area contributed by atoms with Crippen LogP contribution >= 0.6 is 0 Å². The molecule has 11 nitrogen and oxygen atoms in total. The quantitative estimate of drug-likeness (QED) is 0.667. The van der Waals surface area contributed by atoms with E-state index in [9.17, 15) is 9.59 Å². The molecule has 0 spiro atoms. The number of rotatable bonds is 6. The van der Waals surface area contributed by atoms with E-state index in [1.807, 2.05) is 0 Å². The molecule has 1 amide bonds. The summed E-state index contributed by atoms with van der Waals surface area (Å²) in [5.74, 6) is 1.44. The Hall–Kier alpha value is -3.08. The molecule has 0 radical (unpaired) electrons. The average molecular weight is 414 g/mol. The van der Waals surface area contributed by atoms with E-state index in [4.69, 9.17) is 4.74 Å². The molecule has 0 aliphatic carbocycles. The molecule has 0 saturated carbocycles. The molecule has 0 bridgehead atoms. The highest BCUT2D eigenvalue weighted by molar-refractivity contribution is 5.75. The molecule has 2 aromatic heterocycles. The first-order valence-corrected chi connectivity index (χ1v) is 10.2. The molecule has 2 aliphatic rings. The van der Waals surface area contributed by atoms with Crippen LogP contribution in [0.3, 0.4) is 0 Å². The normalized spacial score (nSPS) is 16.7. The topological polar surface area (TPSA) is 118 Å². The molecule has 2 saturated heterocycles. The lowest BCUT2D eigenvalue weighted by Gasteiger charge is -2.28. The van der Waals surface area contributed by atoms with Gasteiger partial charge >= 0.3 is 0 Å². The third-order valence-electron chi connectivity index (χ3n) is 5.11. The fraction of sp³-hybridized carbons (Fsp3) is 0.579. The summed E-state index contributed by atoms with van der Waals surface area (Å²) in [7, 11) is 0. The minimum absolute atomic E-state index is 0.105. The molecule has 11 heteroatoms. The zero-order chi connectivity index (χ0) is 20.9. The number of morpholine rings is 1. The van der Waals surface area contributed by atoms with Crippen molar-refractivity contribution in [3.63, 3.8) is 0 Å². The molecule has 30 heavy (non-hydrogen) atoms. The Morgan fingerprint density at radius 1 is 1.07 bits per heavy atom. The van der Waals surface area contributed by atoms with Crippen LogP contribution in [0.25, 0.3) is 0 Å². The number of anilines is 2. The highest BCUT2D eigenvalue weighted by Crippen LogP contribution is 2.19. The van der Waals surface area contributed by atoms with Gasteiger partial charge in [0.1, 0.15) is 6.54 Å². The van der Waals surface area contributed by atoms with Gasteiger partial charge in [-0.3, -0.25) is 14.2 Å². The van der Waals surface area contributed by atoms with Crippen molar-refractivity contribution in [2.24, 2.45) is 0 Å². The second-order valence-electron chi connectivity index (χ2n) is 7.42. The molecule has 2 fully saturated rings. The smallest absolute Gasteiger partial charge is 0.253 e. The Balaban J connectivity index is 1.47. The van der Waals surface area contributed by atoms with Crippen LogP contribution in [0.5, 0.6) is 0 Å². The van der Waals surface area contributed by atoms with Gasteiger partial charge in [-0.1, -0.05) is 0 Å². The van der Waals surface area contributed by atoms with E-state index >= 15 is 0 Å². The lowest BCUT2D eigenvalue weighted by molar-refractivity contribution is -0.121. The molecule has 2 aromatic rings. The monoisotopic (exact) mass is 414 g/mol. The Kier molecular flexibility index (Phi) is 6.17. The maximum atomic E-state index is 12.3. The predicted molar refractivity (Wildman–Crippen MR) is 109 cm³/mol. The van der Waals surface area contributed by atoms with Gasteiger partial charge in [-0.2, -0.15) is 15.0 Å². The lowest BCUT2D eigenvalue weighted by atomic mass is 10.4. The lowest BCUT2D eigenvalue weighted by Crippen LogP contribution is -2.38. The molecule has 1 N–H and O–H groups in total. The van der Waals surface area contributed by atoms with Crippen LogP contribution in [-0.4, -0.2) is 69.8 Å². The van der Waals surface area contributed by atoms with E-state index in [-0.39, 0.29) is 24.6 Å². The van der Waals surface area contributed by atoms with Gasteiger partial charge in [0.2, 0.25) is 17.8 Å². The van der Waals surface area contributed by atoms with Crippen molar-refractivity contribution in [3.05, 3.63) is 34.3 Å². The summed E-state index contributed by atoms with van der Waals surface area (Å²) in [6.07, 6.45) is 3.61. The predicted octanol–water partition coefficient (Wildman–Crippen LogP) is -0.510. The van der Waals surface area contributed by atoms with Crippen LogP contribution in [0.2, 0.25) is 0 Å². The SMILES string of the molecule is Cc1cc(=O)n(CC(=O)NCc2nc(N3CCCC3)nc(N3CCOCC3)n2)cn1. The van der Waals surface area contributed by atoms with Gasteiger partial charge in [0.15, 0.2) is 5.82 Å². The van der Waals surface area contributed by atoms with Crippen LogP contribution in [-0.2, 0) is 22.6 Å². The summed E-state index contributed by atoms with van der Waals surface area (Å²) in [5.41, 5.74) is 0.357. The van der Waals surface area contributed by atoms with Gasteiger partial charge in [-0.25, -0.2) is 4.98 Å². The molecule has 2 aliphatic heterocycles. The van der Waals surface area contributed by atoms with E-state index in [0.717, 1.165) is 39.0 Å². The van der Waals surface area contributed by atoms with Crippen molar-refractivity contribution in [2.45, 2.75) is 32.9 Å². The maximum Gasteiger partial charge on any atom is 0.253 e. The largest absolute Gasteiger partial charge is 0.378 e. The van der Waals surface area contributed by atoms with Crippen LogP contribution in [0.15, 0.2) is 17.2 Å². The molecule has 160 valence electrons. The van der Waals surface area contributed by atoms with E-state index in [0.29, 0.717) is 36.6 Å². The fourth-order valence-corrected chi connectivity index (χ4v) is 3.46. The van der Waals surface area contributed by atoms with Gasteiger partial charge in [-0.05, 0) is 19.8 Å². The standard InChI is InChI=1S/C19H26N8O3/c1-14-10-17(29)27(13-21-14)12-16(28)20-11-15-22-18(25-4-2-3-5-25)24-19(23-15)26-6-8-30-9-7-26/h10,13H,2-9,11-12H2,1H3,(H,20,28). The number of amides is 1. The Labute approximate surface area is 174 Å². The second kappa shape index (κ2) is 9.16. The number of aryl methyl sites for hydroxylation is 1. The summed E-state index contributed by atoms with van der Waals surface area (Å²) in [5, 5.41) is 2.80. The number of aromatic nitrogens is 5. The summed E-state index contributed by atoms with van der Waals surface area (Å²) < 4.78 is 6.69. The zero-order valence-corrected chi connectivity index (χ0v) is 17.1. The average Bonchev–Trinajstić information content (AvgIpc) is 3.30. The summed E-state index contributed by atoms with van der Waals surface area (Å²) >= 11 is 0. The van der Waals surface area contributed by atoms with E-state index < -0.39 is 0 Å². The van der Waals surface area contributed by atoms with E-state index in [1.165, 1.54) is 17.0 Å². The Morgan fingerprint density at radius 2 is 1.73 bits per heavy atom. The third kappa shape index (κ3) is 4.90. The van der Waals surface area contributed by atoms with Crippen LogP contribution in [0, 0.1) is 6.92 Å². The van der Waals surface area contributed by atoms with Gasteiger partial charge in [0.05, 0.1) is 26.1 Å². The molecule has 0 unspecified atom stereocenters. The number of hydrogen-bond acceptors (Lipinski definition) is 9. The molecule has 0 atom stereocenters. The van der Waals surface area contributed by atoms with Crippen molar-refractivity contribution < 1.29 is 9.53 Å². The molecule has 4 rings (SSSR count). The van der Waals surface area contributed by atoms with Crippen molar-refractivity contribution in [1.29, 1.82) is 0 Å². The Bertz CT molecular complexity index is 951. The number of carbonyl (C=O) groups is 1. The van der Waals surface area contributed by atoms with Gasteiger partial charge in [0, 0.05) is 37.9 Å². The number of carbonyl (C=O) groups excluding carboxylic acids is 1. The van der Waals surface area contributed by atoms with Crippen LogP contribution in [0.4, 0.5) is 11.9 Å². The maximum absolute atomic E-state index is 12.3. The van der Waals surface area contributed by atoms with Gasteiger partial charge in [0.25, 0.3) is 5.56 Å². The Morgan fingerprint density at radius 3 is 2.40 bits per heavy atom. The van der Waals surface area contributed by atoms with Gasteiger partial charge < -0.3 is 19.9 Å². The minimum atomic E-state index is -0.307. The first kappa shape index (κ1) is 20.2. The van der Waals surface area contributed by atoms with Crippen molar-refractivity contribution in [2.75, 3.05) is 49.2 Å².